The summed E-state index contributed by atoms with van der Waals surface area (Å²) < 4.78 is 0. The van der Waals surface area contributed by atoms with E-state index in [-0.39, 0.29) is 12.6 Å². The highest BCUT2D eigenvalue weighted by Crippen LogP contribution is 2.23. The van der Waals surface area contributed by atoms with E-state index in [0.29, 0.717) is 0 Å². The highest BCUT2D eigenvalue weighted by molar-refractivity contribution is 5.58. The summed E-state index contributed by atoms with van der Waals surface area (Å²) in [7, 11) is 0. The highest BCUT2D eigenvalue weighted by atomic mass is 16.3. The number of anilines is 2. The first-order chi connectivity index (χ1) is 8.70. The van der Waals surface area contributed by atoms with E-state index in [1.54, 1.807) is 0 Å². The number of aliphatic hydroxyl groups is 1. The van der Waals surface area contributed by atoms with Crippen LogP contribution in [0.3, 0.4) is 0 Å². The maximum Gasteiger partial charge on any atom is 0.0745 e. The van der Waals surface area contributed by atoms with E-state index in [0.717, 1.165) is 22.5 Å². The molecule has 0 radical (unpaired) electrons. The molecular formula is C15H18N2O. The molecule has 1 atom stereocenters. The van der Waals surface area contributed by atoms with Crippen molar-refractivity contribution in [1.82, 2.24) is 0 Å². The van der Waals surface area contributed by atoms with Gasteiger partial charge < -0.3 is 16.2 Å². The molecule has 0 saturated heterocycles. The van der Waals surface area contributed by atoms with Crippen molar-refractivity contribution < 1.29 is 5.11 Å². The number of benzene rings is 2. The predicted molar refractivity (Wildman–Crippen MR) is 75.5 cm³/mol. The average Bonchev–Trinajstić information content (AvgIpc) is 2.39. The van der Waals surface area contributed by atoms with Gasteiger partial charge in [-0.3, -0.25) is 0 Å². The van der Waals surface area contributed by atoms with Gasteiger partial charge in [0.15, 0.2) is 0 Å². The van der Waals surface area contributed by atoms with E-state index in [2.05, 4.69) is 5.32 Å². The van der Waals surface area contributed by atoms with Crippen LogP contribution in [-0.2, 0) is 0 Å². The predicted octanol–water partition coefficient (Wildman–Crippen LogP) is 2.72. The van der Waals surface area contributed by atoms with E-state index in [1.807, 2.05) is 55.5 Å². The lowest BCUT2D eigenvalue weighted by atomic mass is 10.1. The number of nitrogen functional groups attached to an aromatic ring is 1. The van der Waals surface area contributed by atoms with Crippen molar-refractivity contribution >= 4 is 11.4 Å². The lowest BCUT2D eigenvalue weighted by Gasteiger charge is -2.19. The number of aliphatic hydroxyl groups excluding tert-OH is 1. The van der Waals surface area contributed by atoms with Crippen molar-refractivity contribution in [3.05, 3.63) is 59.7 Å². The van der Waals surface area contributed by atoms with Crippen LogP contribution in [0.4, 0.5) is 11.4 Å². The molecule has 0 fully saturated rings. The number of nitrogens with two attached hydrogens (primary N) is 1. The normalized spacial score (nSPS) is 12.1. The third-order valence-electron chi connectivity index (χ3n) is 2.96. The van der Waals surface area contributed by atoms with Gasteiger partial charge >= 0.3 is 0 Å². The Morgan fingerprint density at radius 3 is 2.50 bits per heavy atom. The minimum absolute atomic E-state index is 0.0494. The summed E-state index contributed by atoms with van der Waals surface area (Å²) in [6.07, 6.45) is 0. The molecule has 1 unspecified atom stereocenters. The molecule has 0 aliphatic carbocycles. The quantitative estimate of drug-likeness (QED) is 0.722. The first-order valence-electron chi connectivity index (χ1n) is 5.99. The molecule has 94 valence electrons. The van der Waals surface area contributed by atoms with Gasteiger partial charge in [0.1, 0.15) is 0 Å². The molecule has 18 heavy (non-hydrogen) atoms. The second-order valence-corrected chi connectivity index (χ2v) is 4.36. The first-order valence-corrected chi connectivity index (χ1v) is 5.99. The van der Waals surface area contributed by atoms with Crippen LogP contribution in [0, 0.1) is 6.92 Å². The van der Waals surface area contributed by atoms with Crippen molar-refractivity contribution in [3.8, 4) is 0 Å². The Balaban J connectivity index is 2.21. The molecule has 3 nitrogen and oxygen atoms in total. The zero-order chi connectivity index (χ0) is 13.0. The Kier molecular flexibility index (Phi) is 3.85. The van der Waals surface area contributed by atoms with Crippen LogP contribution in [0.15, 0.2) is 48.5 Å². The summed E-state index contributed by atoms with van der Waals surface area (Å²) in [5, 5.41) is 12.8. The number of hydrogen-bond acceptors (Lipinski definition) is 3. The van der Waals surface area contributed by atoms with Crippen LogP contribution >= 0.6 is 0 Å². The Hall–Kier alpha value is -2.00. The summed E-state index contributed by atoms with van der Waals surface area (Å²) >= 11 is 0. The maximum atomic E-state index is 9.50. The van der Waals surface area contributed by atoms with Gasteiger partial charge in [-0.05, 0) is 36.2 Å². The van der Waals surface area contributed by atoms with E-state index >= 15 is 0 Å². The number of aryl methyl sites for hydroxylation is 1. The fourth-order valence-electron chi connectivity index (χ4n) is 1.96. The minimum Gasteiger partial charge on any atom is -0.399 e. The molecule has 0 spiro atoms. The van der Waals surface area contributed by atoms with Crippen molar-refractivity contribution in [2.75, 3.05) is 17.7 Å². The molecule has 0 saturated carbocycles. The smallest absolute Gasteiger partial charge is 0.0745 e. The Morgan fingerprint density at radius 1 is 1.17 bits per heavy atom. The second kappa shape index (κ2) is 5.56. The maximum absolute atomic E-state index is 9.50. The molecule has 0 amide bonds. The van der Waals surface area contributed by atoms with Gasteiger partial charge in [-0.15, -0.1) is 0 Å². The Bertz CT molecular complexity index is 511. The van der Waals surface area contributed by atoms with Crippen LogP contribution in [0.25, 0.3) is 0 Å². The monoisotopic (exact) mass is 242 g/mol. The minimum atomic E-state index is -0.103. The average molecular weight is 242 g/mol. The van der Waals surface area contributed by atoms with Crippen LogP contribution < -0.4 is 11.1 Å². The lowest BCUT2D eigenvalue weighted by molar-refractivity contribution is 0.276. The topological polar surface area (TPSA) is 58.3 Å². The van der Waals surface area contributed by atoms with Gasteiger partial charge in [0, 0.05) is 11.4 Å². The standard InChI is InChI=1S/C15H18N2O/c1-11-9-13(16)7-8-14(11)17-15(10-18)12-5-3-2-4-6-12/h2-9,15,17-18H,10,16H2,1H3. The molecule has 0 aromatic heterocycles. The van der Waals surface area contributed by atoms with Crippen molar-refractivity contribution in [2.24, 2.45) is 0 Å². The molecule has 0 bridgehead atoms. The molecule has 0 aliphatic rings. The fraction of sp³-hybridized carbons (Fsp3) is 0.200. The van der Waals surface area contributed by atoms with Crippen LogP contribution in [0.5, 0.6) is 0 Å². The highest BCUT2D eigenvalue weighted by Gasteiger charge is 2.10. The summed E-state index contributed by atoms with van der Waals surface area (Å²) in [6, 6.07) is 15.5. The third-order valence-corrected chi connectivity index (χ3v) is 2.96. The van der Waals surface area contributed by atoms with Crippen molar-refractivity contribution in [2.45, 2.75) is 13.0 Å². The Labute approximate surface area is 107 Å². The zero-order valence-corrected chi connectivity index (χ0v) is 10.4. The molecular weight excluding hydrogens is 224 g/mol. The summed E-state index contributed by atoms with van der Waals surface area (Å²) in [4.78, 5) is 0. The van der Waals surface area contributed by atoms with Gasteiger partial charge in [-0.1, -0.05) is 30.3 Å². The SMILES string of the molecule is Cc1cc(N)ccc1NC(CO)c1ccccc1. The van der Waals surface area contributed by atoms with Crippen LogP contribution in [-0.4, -0.2) is 11.7 Å². The summed E-state index contributed by atoms with van der Waals surface area (Å²) in [5.74, 6) is 0. The molecule has 0 heterocycles. The van der Waals surface area contributed by atoms with Crippen molar-refractivity contribution in [1.29, 1.82) is 0 Å². The van der Waals surface area contributed by atoms with E-state index in [4.69, 9.17) is 5.73 Å². The molecule has 4 N–H and O–H groups in total. The molecule has 2 rings (SSSR count). The first kappa shape index (κ1) is 12.5. The second-order valence-electron chi connectivity index (χ2n) is 4.36. The third kappa shape index (κ3) is 2.81. The number of hydrogen-bond donors (Lipinski definition) is 3. The van der Waals surface area contributed by atoms with Crippen molar-refractivity contribution in [3.63, 3.8) is 0 Å². The molecule has 2 aromatic rings. The largest absolute Gasteiger partial charge is 0.399 e. The zero-order valence-electron chi connectivity index (χ0n) is 10.4. The number of nitrogens with one attached hydrogen (secondary N) is 1. The van der Waals surface area contributed by atoms with Crippen LogP contribution in [0.1, 0.15) is 17.2 Å². The van der Waals surface area contributed by atoms with Crippen LogP contribution in [0.2, 0.25) is 0 Å². The van der Waals surface area contributed by atoms with Gasteiger partial charge in [0.25, 0.3) is 0 Å². The summed E-state index contributed by atoms with van der Waals surface area (Å²) in [5.41, 5.74) is 9.61. The molecule has 3 heteroatoms. The van der Waals surface area contributed by atoms with E-state index < -0.39 is 0 Å². The molecule has 0 aliphatic heterocycles. The Morgan fingerprint density at radius 2 is 1.89 bits per heavy atom. The van der Waals surface area contributed by atoms with Gasteiger partial charge in [0.2, 0.25) is 0 Å². The number of rotatable bonds is 4. The van der Waals surface area contributed by atoms with E-state index in [9.17, 15) is 5.11 Å². The van der Waals surface area contributed by atoms with Gasteiger partial charge in [-0.25, -0.2) is 0 Å². The van der Waals surface area contributed by atoms with Gasteiger partial charge in [-0.2, -0.15) is 0 Å². The van der Waals surface area contributed by atoms with Gasteiger partial charge in [0.05, 0.1) is 12.6 Å². The summed E-state index contributed by atoms with van der Waals surface area (Å²) in [6.45, 7) is 2.05. The molecule has 2 aromatic carbocycles. The fourth-order valence-corrected chi connectivity index (χ4v) is 1.96. The van der Waals surface area contributed by atoms with E-state index in [1.165, 1.54) is 0 Å². The lowest BCUT2D eigenvalue weighted by Crippen LogP contribution is -2.15.